The average Bonchev–Trinajstić information content (AvgIpc) is 2.88. The van der Waals surface area contributed by atoms with Gasteiger partial charge in [-0.15, -0.1) is 0 Å². The topological polar surface area (TPSA) is 18.5 Å². The van der Waals surface area contributed by atoms with Crippen LogP contribution in [0.15, 0.2) is 0 Å². The van der Waals surface area contributed by atoms with E-state index in [-0.39, 0.29) is 0 Å². The molecule has 2 atom stereocenters. The van der Waals surface area contributed by atoms with Gasteiger partial charge in [0.2, 0.25) is 0 Å². The van der Waals surface area contributed by atoms with Gasteiger partial charge in [-0.05, 0) is 51.4 Å². The van der Waals surface area contributed by atoms with E-state index in [1.54, 1.807) is 0 Å². The predicted molar refractivity (Wildman–Crippen MR) is 73.3 cm³/mol. The van der Waals surface area contributed by atoms with Gasteiger partial charge in [0, 0.05) is 25.7 Å². The smallest absolute Gasteiger partial charge is 0.0229 e. The number of nitrogens with zero attached hydrogens (tertiary/aromatic N) is 2. The summed E-state index contributed by atoms with van der Waals surface area (Å²) in [5.74, 6) is 0.788. The molecular weight excluding hydrogens is 210 g/mol. The van der Waals surface area contributed by atoms with Crippen LogP contribution in [-0.2, 0) is 0 Å². The van der Waals surface area contributed by atoms with Crippen molar-refractivity contribution in [2.45, 2.75) is 32.7 Å². The minimum atomic E-state index is 0.529. The molecular formula is C14H29N3. The lowest BCUT2D eigenvalue weighted by Crippen LogP contribution is -2.43. The van der Waals surface area contributed by atoms with Gasteiger partial charge in [-0.2, -0.15) is 0 Å². The Morgan fingerprint density at radius 2 is 2.18 bits per heavy atom. The summed E-state index contributed by atoms with van der Waals surface area (Å²) >= 11 is 0. The number of hydrogen-bond acceptors (Lipinski definition) is 3. The largest absolute Gasteiger partial charge is 0.316 e. The molecule has 0 bridgehead atoms. The molecule has 3 nitrogen and oxygen atoms in total. The molecule has 2 fully saturated rings. The number of likely N-dealkylation sites (tertiary alicyclic amines) is 1. The van der Waals surface area contributed by atoms with E-state index in [1.165, 1.54) is 45.6 Å². The summed E-state index contributed by atoms with van der Waals surface area (Å²) < 4.78 is 0. The lowest BCUT2D eigenvalue weighted by molar-refractivity contribution is 0.129. The molecule has 0 radical (unpaired) electrons. The molecule has 0 saturated carbocycles. The van der Waals surface area contributed by atoms with Gasteiger partial charge in [-0.3, -0.25) is 0 Å². The zero-order chi connectivity index (χ0) is 12.5. The second-order valence-corrected chi connectivity index (χ2v) is 6.59. The lowest BCUT2D eigenvalue weighted by Gasteiger charge is -2.36. The minimum Gasteiger partial charge on any atom is -0.316 e. The van der Waals surface area contributed by atoms with Crippen molar-refractivity contribution in [3.8, 4) is 0 Å². The first-order valence-corrected chi connectivity index (χ1v) is 7.13. The molecule has 17 heavy (non-hydrogen) atoms. The van der Waals surface area contributed by atoms with Gasteiger partial charge in [0.25, 0.3) is 0 Å². The number of rotatable bonds is 4. The average molecular weight is 239 g/mol. The number of likely N-dealkylation sites (N-methyl/N-ethyl adjacent to an activating group) is 1. The Morgan fingerprint density at radius 1 is 1.41 bits per heavy atom. The number of hydrogen-bond donors (Lipinski definition) is 1. The lowest BCUT2D eigenvalue weighted by atomic mass is 9.76. The Labute approximate surface area is 107 Å². The van der Waals surface area contributed by atoms with Crippen LogP contribution in [0.1, 0.15) is 26.7 Å². The third kappa shape index (κ3) is 2.83. The maximum absolute atomic E-state index is 3.57. The van der Waals surface area contributed by atoms with Crippen LogP contribution in [0.4, 0.5) is 0 Å². The summed E-state index contributed by atoms with van der Waals surface area (Å²) in [5, 5.41) is 3.57. The van der Waals surface area contributed by atoms with E-state index in [0.717, 1.165) is 12.0 Å². The first kappa shape index (κ1) is 13.3. The molecule has 0 aromatic rings. The van der Waals surface area contributed by atoms with Crippen molar-refractivity contribution in [3.05, 3.63) is 0 Å². The summed E-state index contributed by atoms with van der Waals surface area (Å²) in [6, 6.07) is 0.772. The molecule has 0 aromatic carbocycles. The van der Waals surface area contributed by atoms with Crippen LogP contribution >= 0.6 is 0 Å². The highest BCUT2D eigenvalue weighted by molar-refractivity contribution is 4.94. The summed E-state index contributed by atoms with van der Waals surface area (Å²) in [7, 11) is 4.42. The third-order valence-electron chi connectivity index (χ3n) is 5.02. The van der Waals surface area contributed by atoms with Crippen LogP contribution in [-0.4, -0.2) is 62.7 Å². The van der Waals surface area contributed by atoms with Gasteiger partial charge < -0.3 is 15.1 Å². The van der Waals surface area contributed by atoms with Crippen molar-refractivity contribution in [1.29, 1.82) is 0 Å². The molecule has 0 spiro atoms. The molecule has 0 aliphatic carbocycles. The number of nitrogens with one attached hydrogen (secondary N) is 1. The van der Waals surface area contributed by atoms with Crippen LogP contribution in [0, 0.1) is 11.3 Å². The summed E-state index contributed by atoms with van der Waals surface area (Å²) in [4.78, 5) is 5.08. The van der Waals surface area contributed by atoms with E-state index in [2.05, 4.69) is 43.1 Å². The van der Waals surface area contributed by atoms with Crippen LogP contribution in [0.3, 0.4) is 0 Å². The Balaban J connectivity index is 1.92. The summed E-state index contributed by atoms with van der Waals surface area (Å²) in [6.07, 6.45) is 2.70. The molecule has 2 heterocycles. The zero-order valence-electron chi connectivity index (χ0n) is 12.0. The van der Waals surface area contributed by atoms with Crippen LogP contribution in [0.25, 0.3) is 0 Å². The molecule has 0 amide bonds. The third-order valence-corrected chi connectivity index (χ3v) is 5.02. The van der Waals surface area contributed by atoms with E-state index < -0.39 is 0 Å². The fourth-order valence-corrected chi connectivity index (χ4v) is 3.40. The highest BCUT2D eigenvalue weighted by Gasteiger charge is 2.39. The summed E-state index contributed by atoms with van der Waals surface area (Å²) in [5.41, 5.74) is 0.529. The van der Waals surface area contributed by atoms with Gasteiger partial charge in [-0.25, -0.2) is 0 Å². The Kier molecular flexibility index (Phi) is 4.11. The molecule has 0 aromatic heterocycles. The molecule has 1 N–H and O–H groups in total. The van der Waals surface area contributed by atoms with Gasteiger partial charge in [0.1, 0.15) is 0 Å². The fraction of sp³-hybridized carbons (Fsp3) is 1.00. The molecule has 2 saturated heterocycles. The van der Waals surface area contributed by atoms with E-state index in [9.17, 15) is 0 Å². The second-order valence-electron chi connectivity index (χ2n) is 6.59. The Bertz CT molecular complexity index is 244. The molecule has 2 aliphatic heterocycles. The van der Waals surface area contributed by atoms with E-state index >= 15 is 0 Å². The fourth-order valence-electron chi connectivity index (χ4n) is 3.40. The van der Waals surface area contributed by atoms with Crippen LogP contribution in [0.5, 0.6) is 0 Å². The summed E-state index contributed by atoms with van der Waals surface area (Å²) in [6.45, 7) is 11.1. The molecule has 2 aliphatic rings. The molecule has 100 valence electrons. The monoisotopic (exact) mass is 239 g/mol. The highest BCUT2D eigenvalue weighted by Crippen LogP contribution is 2.35. The van der Waals surface area contributed by atoms with Gasteiger partial charge in [0.05, 0.1) is 0 Å². The quantitative estimate of drug-likeness (QED) is 0.797. The minimum absolute atomic E-state index is 0.529. The van der Waals surface area contributed by atoms with Gasteiger partial charge in [-0.1, -0.05) is 13.8 Å². The van der Waals surface area contributed by atoms with Gasteiger partial charge in [0.15, 0.2) is 0 Å². The van der Waals surface area contributed by atoms with E-state index in [0.29, 0.717) is 5.41 Å². The van der Waals surface area contributed by atoms with E-state index in [4.69, 9.17) is 0 Å². The SMILES string of the molecule is CC(C)C1(CN2CCC(N(C)C)C2)CCNC1. The van der Waals surface area contributed by atoms with Crippen molar-refractivity contribution in [2.75, 3.05) is 46.8 Å². The maximum atomic E-state index is 3.57. The van der Waals surface area contributed by atoms with Crippen molar-refractivity contribution < 1.29 is 0 Å². The van der Waals surface area contributed by atoms with Crippen molar-refractivity contribution in [3.63, 3.8) is 0 Å². The zero-order valence-corrected chi connectivity index (χ0v) is 12.0. The first-order chi connectivity index (χ1) is 8.03. The molecule has 2 unspecified atom stereocenters. The maximum Gasteiger partial charge on any atom is 0.0229 e. The standard InChI is InChI=1S/C14H29N3/c1-12(2)14(6-7-15-10-14)11-17-8-5-13(9-17)16(3)4/h12-13,15H,5-11H2,1-4H3. The molecule has 3 heteroatoms. The predicted octanol–water partition coefficient (Wildman–Crippen LogP) is 1.26. The first-order valence-electron chi connectivity index (χ1n) is 7.13. The Morgan fingerprint density at radius 3 is 2.65 bits per heavy atom. The van der Waals surface area contributed by atoms with Crippen molar-refractivity contribution >= 4 is 0 Å². The molecule has 2 rings (SSSR count). The van der Waals surface area contributed by atoms with E-state index in [1.807, 2.05) is 0 Å². The second kappa shape index (κ2) is 5.25. The van der Waals surface area contributed by atoms with Crippen molar-refractivity contribution in [2.24, 2.45) is 11.3 Å². The Hall–Kier alpha value is -0.120. The van der Waals surface area contributed by atoms with Gasteiger partial charge >= 0.3 is 0 Å². The van der Waals surface area contributed by atoms with Crippen LogP contribution in [0.2, 0.25) is 0 Å². The van der Waals surface area contributed by atoms with Crippen LogP contribution < -0.4 is 5.32 Å². The van der Waals surface area contributed by atoms with Crippen molar-refractivity contribution in [1.82, 2.24) is 15.1 Å². The highest BCUT2D eigenvalue weighted by atomic mass is 15.2. The normalized spacial score (nSPS) is 35.3.